The molecule has 4 aromatic rings. The van der Waals surface area contributed by atoms with Gasteiger partial charge in [-0.05, 0) is 54.8 Å². The van der Waals surface area contributed by atoms with Gasteiger partial charge in [-0.1, -0.05) is 76.7 Å². The molecule has 0 saturated carbocycles. The second-order valence-corrected chi connectivity index (χ2v) is 10.3. The van der Waals surface area contributed by atoms with Crippen molar-refractivity contribution >= 4 is 46.4 Å². The second-order valence-electron chi connectivity index (χ2n) is 8.62. The van der Waals surface area contributed by atoms with E-state index >= 15 is 0 Å². The van der Waals surface area contributed by atoms with E-state index in [1.165, 1.54) is 0 Å². The van der Waals surface area contributed by atoms with E-state index in [2.05, 4.69) is 35.1 Å². The van der Waals surface area contributed by atoms with E-state index in [1.54, 1.807) is 18.2 Å². The Balaban J connectivity index is 1.45. The molecule has 0 aliphatic rings. The highest BCUT2D eigenvalue weighted by Gasteiger charge is 2.20. The van der Waals surface area contributed by atoms with Crippen LogP contribution in [0.3, 0.4) is 0 Å². The van der Waals surface area contributed by atoms with E-state index in [-0.39, 0.29) is 6.10 Å². The number of hydrogen-bond donors (Lipinski definition) is 0. The fraction of sp³-hybridized carbons (Fsp3) is 0.250. The fourth-order valence-electron chi connectivity index (χ4n) is 3.98. The Bertz CT molecular complexity index is 1320. The number of halogens is 4. The highest BCUT2D eigenvalue weighted by atomic mass is 35.5. The zero-order chi connectivity index (χ0) is 25.7. The molecule has 0 fully saturated rings. The minimum Gasteiger partial charge on any atom is -0.489 e. The molecule has 0 amide bonds. The summed E-state index contributed by atoms with van der Waals surface area (Å²) in [6.45, 7) is 6.27. The summed E-state index contributed by atoms with van der Waals surface area (Å²) in [6.07, 6.45) is 5.73. The Morgan fingerprint density at radius 2 is 1.58 bits per heavy atom. The van der Waals surface area contributed by atoms with Crippen molar-refractivity contribution in [2.24, 2.45) is 0 Å². The van der Waals surface area contributed by atoms with Crippen LogP contribution < -0.4 is 9.30 Å². The standard InChI is InChI=1S/C28H27Cl4N2O2/c1-19-4-3-5-20(2)28(19)35-13-12-33-10-11-34(18-33)16-27(24-9-8-23(30)15-26(24)32)36-17-21-6-7-22(29)14-25(21)31/h3-11,14-15,18,27H,12-13,16-17H2,1-2H3/q+1. The summed E-state index contributed by atoms with van der Waals surface area (Å²) < 4.78 is 16.5. The van der Waals surface area contributed by atoms with Gasteiger partial charge in [0.25, 0.3) is 0 Å². The van der Waals surface area contributed by atoms with Crippen LogP contribution in [0.2, 0.25) is 20.1 Å². The van der Waals surface area contributed by atoms with Crippen molar-refractivity contribution in [3.8, 4) is 5.75 Å². The molecule has 8 heteroatoms. The van der Waals surface area contributed by atoms with Crippen LogP contribution in [-0.4, -0.2) is 11.2 Å². The number of para-hydroxylation sites is 1. The van der Waals surface area contributed by atoms with Crippen molar-refractivity contribution in [1.29, 1.82) is 0 Å². The van der Waals surface area contributed by atoms with Gasteiger partial charge < -0.3 is 9.47 Å². The van der Waals surface area contributed by atoms with Crippen LogP contribution >= 0.6 is 46.4 Å². The first-order valence-corrected chi connectivity index (χ1v) is 13.1. The highest BCUT2D eigenvalue weighted by Crippen LogP contribution is 2.31. The molecule has 0 radical (unpaired) electrons. The van der Waals surface area contributed by atoms with Crippen molar-refractivity contribution in [3.05, 3.63) is 116 Å². The zero-order valence-electron chi connectivity index (χ0n) is 20.1. The Kier molecular flexibility index (Phi) is 9.21. The third kappa shape index (κ3) is 6.96. The van der Waals surface area contributed by atoms with Crippen molar-refractivity contribution in [3.63, 3.8) is 0 Å². The van der Waals surface area contributed by atoms with Gasteiger partial charge in [-0.2, -0.15) is 0 Å². The Labute approximate surface area is 231 Å². The van der Waals surface area contributed by atoms with Crippen LogP contribution in [0.15, 0.2) is 73.3 Å². The summed E-state index contributed by atoms with van der Waals surface area (Å²) >= 11 is 25.1. The third-order valence-corrected chi connectivity index (χ3v) is 7.04. The smallest absolute Gasteiger partial charge is 0.243 e. The van der Waals surface area contributed by atoms with Gasteiger partial charge in [0.15, 0.2) is 0 Å². The third-order valence-electron chi connectivity index (χ3n) is 5.89. The molecule has 4 nitrogen and oxygen atoms in total. The molecular formula is C28H27Cl4N2O2+. The minimum absolute atomic E-state index is 0.310. The topological polar surface area (TPSA) is 27.3 Å². The van der Waals surface area contributed by atoms with Gasteiger partial charge in [-0.15, -0.1) is 0 Å². The van der Waals surface area contributed by atoms with E-state index in [9.17, 15) is 0 Å². The molecule has 3 aromatic carbocycles. The summed E-state index contributed by atoms with van der Waals surface area (Å²) in [5.74, 6) is 0.948. The van der Waals surface area contributed by atoms with Crippen LogP contribution in [0.4, 0.5) is 0 Å². The predicted octanol–water partition coefficient (Wildman–Crippen LogP) is 8.04. The lowest BCUT2D eigenvalue weighted by molar-refractivity contribution is -0.704. The molecule has 188 valence electrons. The fourth-order valence-corrected chi connectivity index (χ4v) is 4.98. The van der Waals surface area contributed by atoms with Gasteiger partial charge in [-0.3, -0.25) is 0 Å². The maximum absolute atomic E-state index is 6.54. The molecule has 0 aliphatic carbocycles. The monoisotopic (exact) mass is 563 g/mol. The summed E-state index contributed by atoms with van der Waals surface area (Å²) in [5, 5.41) is 2.27. The summed E-state index contributed by atoms with van der Waals surface area (Å²) in [4.78, 5) is 0. The van der Waals surface area contributed by atoms with Crippen LogP contribution in [0.1, 0.15) is 28.4 Å². The lowest BCUT2D eigenvalue weighted by atomic mass is 10.1. The van der Waals surface area contributed by atoms with Crippen LogP contribution in [-0.2, 0) is 24.4 Å². The molecule has 0 bridgehead atoms. The SMILES string of the molecule is Cc1cccc(C)c1OCCn1cc[n+](CC(OCc2ccc(Cl)cc2Cl)c2ccc(Cl)cc2Cl)c1. The van der Waals surface area contributed by atoms with E-state index in [1.807, 2.05) is 43.0 Å². The van der Waals surface area contributed by atoms with Crippen LogP contribution in [0.5, 0.6) is 5.75 Å². The number of imidazole rings is 1. The molecule has 0 N–H and O–H groups in total. The maximum Gasteiger partial charge on any atom is 0.243 e. The molecule has 1 atom stereocenters. The Morgan fingerprint density at radius 3 is 2.28 bits per heavy atom. The van der Waals surface area contributed by atoms with E-state index in [4.69, 9.17) is 55.9 Å². The van der Waals surface area contributed by atoms with Crippen LogP contribution in [0, 0.1) is 13.8 Å². The second kappa shape index (κ2) is 12.4. The number of nitrogens with zero attached hydrogens (tertiary/aromatic N) is 2. The lowest BCUT2D eigenvalue weighted by Crippen LogP contribution is -2.35. The summed E-state index contributed by atoms with van der Waals surface area (Å²) in [6, 6.07) is 17.0. The Morgan fingerprint density at radius 1 is 0.889 bits per heavy atom. The van der Waals surface area contributed by atoms with Gasteiger partial charge in [-0.25, -0.2) is 9.13 Å². The van der Waals surface area contributed by atoms with Crippen molar-refractivity contribution in [2.75, 3.05) is 6.61 Å². The largest absolute Gasteiger partial charge is 0.489 e. The molecule has 0 saturated heterocycles. The van der Waals surface area contributed by atoms with Gasteiger partial charge in [0.1, 0.15) is 43.9 Å². The van der Waals surface area contributed by atoms with Crippen molar-refractivity contribution in [2.45, 2.75) is 39.6 Å². The molecule has 4 rings (SSSR count). The number of hydrogen-bond acceptors (Lipinski definition) is 2. The number of rotatable bonds is 10. The predicted molar refractivity (Wildman–Crippen MR) is 146 cm³/mol. The minimum atomic E-state index is -0.326. The van der Waals surface area contributed by atoms with E-state index in [0.717, 1.165) is 28.0 Å². The molecule has 1 heterocycles. The number of benzene rings is 3. The molecule has 0 aliphatic heterocycles. The summed E-state index contributed by atoms with van der Waals surface area (Å²) in [7, 11) is 0. The molecule has 1 unspecified atom stereocenters. The first-order chi connectivity index (χ1) is 17.3. The quantitative estimate of drug-likeness (QED) is 0.182. The first-order valence-electron chi connectivity index (χ1n) is 11.5. The van der Waals surface area contributed by atoms with E-state index in [0.29, 0.717) is 46.4 Å². The van der Waals surface area contributed by atoms with Gasteiger partial charge in [0.2, 0.25) is 6.33 Å². The average Bonchev–Trinajstić information content (AvgIpc) is 3.27. The van der Waals surface area contributed by atoms with Crippen molar-refractivity contribution < 1.29 is 14.0 Å². The molecule has 0 spiro atoms. The molecular weight excluding hydrogens is 538 g/mol. The molecule has 36 heavy (non-hydrogen) atoms. The van der Waals surface area contributed by atoms with Gasteiger partial charge in [0, 0.05) is 25.7 Å². The zero-order valence-corrected chi connectivity index (χ0v) is 23.1. The number of ether oxygens (including phenoxy) is 2. The van der Waals surface area contributed by atoms with E-state index < -0.39 is 0 Å². The Hall–Kier alpha value is -2.21. The van der Waals surface area contributed by atoms with Crippen LogP contribution in [0.25, 0.3) is 0 Å². The summed E-state index contributed by atoms with van der Waals surface area (Å²) in [5.41, 5.74) is 3.98. The highest BCUT2D eigenvalue weighted by molar-refractivity contribution is 6.35. The average molecular weight is 565 g/mol. The lowest BCUT2D eigenvalue weighted by Gasteiger charge is -2.19. The maximum atomic E-state index is 6.54. The van der Waals surface area contributed by atoms with Crippen molar-refractivity contribution in [1.82, 2.24) is 4.57 Å². The normalized spacial score (nSPS) is 12.1. The van der Waals surface area contributed by atoms with Gasteiger partial charge in [0.05, 0.1) is 6.61 Å². The van der Waals surface area contributed by atoms with Gasteiger partial charge >= 0.3 is 0 Å². The number of aryl methyl sites for hydroxylation is 2. The molecule has 1 aromatic heterocycles. The number of aromatic nitrogens is 2. The first kappa shape index (κ1) is 26.8.